The molecule has 1 saturated heterocycles. The summed E-state index contributed by atoms with van der Waals surface area (Å²) in [5.74, 6) is 0.178. The maximum Gasteiger partial charge on any atom is 0.333 e. The standard InChI is InChI=1S/C25H26ClF3N6O2S2/c1-14(2)6-10-39(36,37)33-16-12-20-21(19-5-8-35(32-19)25(28)29)22(17-4-3-15(27)11-18(17)26)31-23(34(20)13-16)24-30-7-9-38-24/h3-5,7-9,11,14,16,22,25,33H,6,10,12-13H2,1-2H3/t16-,22-/m0/s1. The van der Waals surface area contributed by atoms with E-state index in [1.165, 1.54) is 41.8 Å². The van der Waals surface area contributed by atoms with Crippen LogP contribution in [0.5, 0.6) is 0 Å². The summed E-state index contributed by atoms with van der Waals surface area (Å²) in [5, 5.41) is 6.60. The van der Waals surface area contributed by atoms with E-state index in [2.05, 4.69) is 14.8 Å². The molecule has 208 valence electrons. The van der Waals surface area contributed by atoms with Gasteiger partial charge in [0.25, 0.3) is 0 Å². The molecule has 3 aromatic rings. The largest absolute Gasteiger partial charge is 0.333 e. The number of benzene rings is 1. The molecule has 14 heteroatoms. The van der Waals surface area contributed by atoms with E-state index in [4.69, 9.17) is 16.6 Å². The zero-order valence-electron chi connectivity index (χ0n) is 21.1. The van der Waals surface area contributed by atoms with Gasteiger partial charge in [0.2, 0.25) is 10.0 Å². The second kappa shape index (κ2) is 11.0. The average Bonchev–Trinajstić information content (AvgIpc) is 3.62. The number of aromatic nitrogens is 3. The lowest BCUT2D eigenvalue weighted by atomic mass is 9.92. The Kier molecular flexibility index (Phi) is 7.86. The van der Waals surface area contributed by atoms with E-state index < -0.39 is 34.5 Å². The van der Waals surface area contributed by atoms with Gasteiger partial charge in [-0.15, -0.1) is 11.3 Å². The Morgan fingerprint density at radius 3 is 2.69 bits per heavy atom. The molecule has 4 heterocycles. The van der Waals surface area contributed by atoms with Gasteiger partial charge in [0.05, 0.1) is 11.4 Å². The molecule has 0 radical (unpaired) electrons. The van der Waals surface area contributed by atoms with Crippen molar-refractivity contribution in [3.8, 4) is 0 Å². The molecule has 1 fully saturated rings. The predicted molar refractivity (Wildman–Crippen MR) is 145 cm³/mol. The first-order valence-corrected chi connectivity index (χ1v) is 15.2. The van der Waals surface area contributed by atoms with Crippen LogP contribution in [0.3, 0.4) is 0 Å². The van der Waals surface area contributed by atoms with Gasteiger partial charge in [0.1, 0.15) is 11.9 Å². The number of sulfonamides is 1. The van der Waals surface area contributed by atoms with E-state index in [1.807, 2.05) is 18.7 Å². The third-order valence-electron chi connectivity index (χ3n) is 6.54. The lowest BCUT2D eigenvalue weighted by molar-refractivity contribution is 0.0564. The van der Waals surface area contributed by atoms with Gasteiger partial charge in [-0.25, -0.2) is 27.2 Å². The second-order valence-corrected chi connectivity index (χ2v) is 13.0. The monoisotopic (exact) mass is 598 g/mol. The Morgan fingerprint density at radius 1 is 1.26 bits per heavy atom. The fourth-order valence-corrected chi connectivity index (χ4v) is 7.21. The number of hydrogen-bond donors (Lipinski definition) is 1. The molecule has 0 aliphatic carbocycles. The summed E-state index contributed by atoms with van der Waals surface area (Å²) in [6.07, 6.45) is 3.58. The van der Waals surface area contributed by atoms with Crippen LogP contribution in [0.2, 0.25) is 5.02 Å². The second-order valence-electron chi connectivity index (χ2n) is 9.81. The molecular weight excluding hydrogens is 573 g/mol. The third kappa shape index (κ3) is 5.91. The minimum atomic E-state index is -3.57. The number of hydrogen-bond acceptors (Lipinski definition) is 7. The van der Waals surface area contributed by atoms with Crippen molar-refractivity contribution in [3.05, 3.63) is 74.8 Å². The Balaban J connectivity index is 1.63. The van der Waals surface area contributed by atoms with Gasteiger partial charge < -0.3 is 4.90 Å². The summed E-state index contributed by atoms with van der Waals surface area (Å²) >= 11 is 7.82. The zero-order valence-corrected chi connectivity index (χ0v) is 23.4. The van der Waals surface area contributed by atoms with Crippen LogP contribution in [0, 0.1) is 11.7 Å². The number of rotatable bonds is 9. The summed E-state index contributed by atoms with van der Waals surface area (Å²) in [6, 6.07) is 4.07. The first kappa shape index (κ1) is 27.8. The van der Waals surface area contributed by atoms with Crippen LogP contribution in [0.25, 0.3) is 5.57 Å². The SMILES string of the molecule is CC(C)CCS(=O)(=O)N[C@H]1CC2=C(c3ccn(C(F)F)n3)[C@H](c3ccc(F)cc3Cl)N=C(c3nccs3)N2C1. The molecule has 39 heavy (non-hydrogen) atoms. The van der Waals surface area contributed by atoms with Crippen molar-refractivity contribution in [2.45, 2.75) is 45.3 Å². The number of aliphatic imine (C=N–C) groups is 1. The maximum atomic E-state index is 14.0. The first-order chi connectivity index (χ1) is 18.5. The molecule has 0 bridgehead atoms. The molecule has 0 amide bonds. The predicted octanol–water partition coefficient (Wildman–Crippen LogP) is 5.48. The topological polar surface area (TPSA) is 92.5 Å². The molecule has 2 aromatic heterocycles. The van der Waals surface area contributed by atoms with E-state index in [-0.39, 0.29) is 35.4 Å². The van der Waals surface area contributed by atoms with Crippen molar-refractivity contribution >= 4 is 44.4 Å². The summed E-state index contributed by atoms with van der Waals surface area (Å²) < 4.78 is 70.0. The summed E-state index contributed by atoms with van der Waals surface area (Å²) in [6.45, 7) is 1.32. The average molecular weight is 599 g/mol. The first-order valence-electron chi connectivity index (χ1n) is 12.3. The number of alkyl halides is 2. The molecule has 0 unspecified atom stereocenters. The molecule has 8 nitrogen and oxygen atoms in total. The Morgan fingerprint density at radius 2 is 2.05 bits per heavy atom. The van der Waals surface area contributed by atoms with Gasteiger partial charge >= 0.3 is 6.55 Å². The normalized spacial score (nSPS) is 19.8. The van der Waals surface area contributed by atoms with Crippen LogP contribution in [0.15, 0.2) is 52.7 Å². The van der Waals surface area contributed by atoms with Crippen molar-refractivity contribution in [3.63, 3.8) is 0 Å². The summed E-state index contributed by atoms with van der Waals surface area (Å²) in [5.41, 5.74) is 1.86. The van der Waals surface area contributed by atoms with Gasteiger partial charge in [0, 0.05) is 58.6 Å². The van der Waals surface area contributed by atoms with Crippen LogP contribution in [-0.2, 0) is 10.0 Å². The van der Waals surface area contributed by atoms with E-state index in [0.717, 1.165) is 0 Å². The van der Waals surface area contributed by atoms with Gasteiger partial charge in [-0.05, 0) is 30.5 Å². The molecule has 1 aromatic carbocycles. The zero-order chi connectivity index (χ0) is 27.9. The smallest absolute Gasteiger partial charge is 0.326 e. The molecule has 0 saturated carbocycles. The summed E-state index contributed by atoms with van der Waals surface area (Å²) in [4.78, 5) is 11.2. The van der Waals surface area contributed by atoms with Crippen LogP contribution in [0.1, 0.15) is 55.5 Å². The van der Waals surface area contributed by atoms with Crippen molar-refractivity contribution in [1.29, 1.82) is 0 Å². The van der Waals surface area contributed by atoms with Gasteiger partial charge in [-0.1, -0.05) is 31.5 Å². The minimum absolute atomic E-state index is 0.00684. The number of nitrogens with zero attached hydrogens (tertiary/aromatic N) is 5. The molecular formula is C25H26ClF3N6O2S2. The van der Waals surface area contributed by atoms with Crippen LogP contribution >= 0.6 is 22.9 Å². The molecule has 5 rings (SSSR count). The fourth-order valence-electron chi connectivity index (χ4n) is 4.74. The van der Waals surface area contributed by atoms with Gasteiger partial charge in [0.15, 0.2) is 10.8 Å². The molecule has 2 atom stereocenters. The van der Waals surface area contributed by atoms with E-state index in [0.29, 0.717) is 38.8 Å². The molecule has 2 aliphatic rings. The molecule has 2 aliphatic heterocycles. The highest BCUT2D eigenvalue weighted by Gasteiger charge is 2.42. The lowest BCUT2D eigenvalue weighted by Crippen LogP contribution is -2.40. The summed E-state index contributed by atoms with van der Waals surface area (Å²) in [7, 11) is -3.57. The molecule has 0 spiro atoms. The fraction of sp³-hybridized carbons (Fsp3) is 0.400. The Labute approximate surface area is 233 Å². The highest BCUT2D eigenvalue weighted by Crippen LogP contribution is 2.46. The number of thiazole rings is 1. The number of fused-ring (bicyclic) bond motifs is 1. The minimum Gasteiger partial charge on any atom is -0.326 e. The van der Waals surface area contributed by atoms with Crippen molar-refractivity contribution in [2.75, 3.05) is 12.3 Å². The number of amidine groups is 1. The Hall–Kier alpha value is -2.74. The van der Waals surface area contributed by atoms with E-state index in [9.17, 15) is 21.6 Å². The van der Waals surface area contributed by atoms with Crippen LogP contribution < -0.4 is 4.72 Å². The maximum absolute atomic E-state index is 14.0. The van der Waals surface area contributed by atoms with Crippen LogP contribution in [0.4, 0.5) is 13.2 Å². The van der Waals surface area contributed by atoms with Crippen molar-refractivity contribution in [2.24, 2.45) is 10.9 Å². The lowest BCUT2D eigenvalue weighted by Gasteiger charge is -2.32. The van der Waals surface area contributed by atoms with Crippen molar-refractivity contribution in [1.82, 2.24) is 24.4 Å². The quantitative estimate of drug-likeness (QED) is 0.352. The number of halogens is 4. The Bertz CT molecular complexity index is 1520. The third-order valence-corrected chi connectivity index (χ3v) is 9.10. The van der Waals surface area contributed by atoms with E-state index >= 15 is 0 Å². The number of nitrogens with one attached hydrogen (secondary N) is 1. The molecule has 1 N–H and O–H groups in total. The highest BCUT2D eigenvalue weighted by atomic mass is 35.5. The van der Waals surface area contributed by atoms with E-state index in [1.54, 1.807) is 11.6 Å². The highest BCUT2D eigenvalue weighted by molar-refractivity contribution is 7.89. The van der Waals surface area contributed by atoms with Crippen molar-refractivity contribution < 1.29 is 21.6 Å². The van der Waals surface area contributed by atoms with Gasteiger partial charge in [-0.3, -0.25) is 4.99 Å². The van der Waals surface area contributed by atoms with Gasteiger partial charge in [-0.2, -0.15) is 13.9 Å². The van der Waals surface area contributed by atoms with Crippen LogP contribution in [-0.4, -0.2) is 52.3 Å².